The normalized spacial score (nSPS) is 14.5. The summed E-state index contributed by atoms with van der Waals surface area (Å²) in [7, 11) is -0.459. The van der Waals surface area contributed by atoms with Crippen LogP contribution in [0.3, 0.4) is 0 Å². The molecule has 268 valence electrons. The van der Waals surface area contributed by atoms with Gasteiger partial charge in [-0.25, -0.2) is 15.0 Å². The smallest absolute Gasteiger partial charge is 0.476 e. The minimum Gasteiger partial charge on any atom is -0.476 e. The maximum atomic E-state index is 12.2. The first-order valence-electron chi connectivity index (χ1n) is 15.3. The monoisotopic (exact) mass is 857 g/mol. The molecule has 0 spiro atoms. The topological polar surface area (TPSA) is 95.8 Å². The average Bonchev–Trinajstić information content (AvgIpc) is 3.21. The minimum absolute atomic E-state index is 0.0318. The number of hydrogen-bond donors (Lipinski definition) is 1. The number of aliphatic hydroxyl groups is 1. The number of halogens is 6. The van der Waals surface area contributed by atoms with Crippen LogP contribution in [-0.4, -0.2) is 58.2 Å². The van der Waals surface area contributed by atoms with Crippen molar-refractivity contribution in [3.63, 3.8) is 0 Å². The van der Waals surface area contributed by atoms with Gasteiger partial charge in [-0.2, -0.15) is 4.39 Å². The van der Waals surface area contributed by atoms with Crippen LogP contribution in [0.1, 0.15) is 69.2 Å². The Hall–Kier alpha value is -1.25. The van der Waals surface area contributed by atoms with Crippen LogP contribution in [0.15, 0.2) is 45.7 Å². The van der Waals surface area contributed by atoms with E-state index < -0.39 is 13.1 Å². The summed E-state index contributed by atoms with van der Waals surface area (Å²) in [5.74, 6) is 1.64. The SMILES string of the molecule is CC(C)CO.CC(C)COc1ncc(B2OC(C)(C)C(C)(C)O2)cc1Cl.CC(C)COc1ncc(Br)cc1Cl.Fc1ncc(Br)cc1Cl. The van der Waals surface area contributed by atoms with Gasteiger partial charge in [-0.1, -0.05) is 76.3 Å². The van der Waals surface area contributed by atoms with Crippen molar-refractivity contribution in [3.05, 3.63) is 66.8 Å². The van der Waals surface area contributed by atoms with Crippen LogP contribution in [0.25, 0.3) is 0 Å². The first-order chi connectivity index (χ1) is 22.2. The number of ether oxygens (including phenoxy) is 2. The van der Waals surface area contributed by atoms with Crippen LogP contribution in [0, 0.1) is 23.7 Å². The van der Waals surface area contributed by atoms with E-state index in [1.54, 1.807) is 24.5 Å². The molecule has 0 unspecified atom stereocenters. The second-order valence-electron chi connectivity index (χ2n) is 13.0. The molecular formula is C33H46BBr2Cl3FN3O5. The van der Waals surface area contributed by atoms with Gasteiger partial charge in [-0.15, -0.1) is 0 Å². The molecule has 3 aromatic heterocycles. The van der Waals surface area contributed by atoms with Crippen molar-refractivity contribution in [2.45, 2.75) is 80.4 Å². The fourth-order valence-electron chi connectivity index (χ4n) is 3.05. The lowest BCUT2D eigenvalue weighted by Crippen LogP contribution is -2.41. The van der Waals surface area contributed by atoms with Crippen molar-refractivity contribution in [1.29, 1.82) is 0 Å². The van der Waals surface area contributed by atoms with Crippen molar-refractivity contribution in [3.8, 4) is 11.8 Å². The molecule has 48 heavy (non-hydrogen) atoms. The second-order valence-corrected chi connectivity index (χ2v) is 16.0. The summed E-state index contributed by atoms with van der Waals surface area (Å²) in [5.41, 5.74) is 0.0454. The molecule has 0 radical (unpaired) electrons. The summed E-state index contributed by atoms with van der Waals surface area (Å²) in [5, 5.41) is 9.19. The van der Waals surface area contributed by atoms with Gasteiger partial charge in [0.25, 0.3) is 0 Å². The summed E-state index contributed by atoms with van der Waals surface area (Å²) in [4.78, 5) is 11.7. The molecule has 0 bridgehead atoms. The van der Waals surface area contributed by atoms with Crippen LogP contribution in [0.2, 0.25) is 15.1 Å². The third-order valence-corrected chi connectivity index (χ3v) is 8.04. The summed E-state index contributed by atoms with van der Waals surface area (Å²) in [6, 6.07) is 5.01. The number of aromatic nitrogens is 3. The molecule has 1 aliphatic rings. The third-order valence-electron chi connectivity index (χ3n) is 6.36. The van der Waals surface area contributed by atoms with Crippen molar-refractivity contribution in [1.82, 2.24) is 15.0 Å². The minimum atomic E-state index is -0.639. The molecule has 0 aromatic carbocycles. The molecule has 15 heteroatoms. The Balaban J connectivity index is 0.000000362. The maximum absolute atomic E-state index is 12.2. The maximum Gasteiger partial charge on any atom is 0.496 e. The van der Waals surface area contributed by atoms with Crippen molar-refractivity contribution in [2.75, 3.05) is 19.8 Å². The average molecular weight is 861 g/mol. The fourth-order valence-corrected chi connectivity index (χ4v) is 4.59. The molecule has 1 fully saturated rings. The van der Waals surface area contributed by atoms with Crippen LogP contribution in [0.5, 0.6) is 11.8 Å². The third kappa shape index (κ3) is 16.2. The van der Waals surface area contributed by atoms with E-state index in [-0.39, 0.29) is 16.2 Å². The molecule has 8 nitrogen and oxygen atoms in total. The zero-order chi connectivity index (χ0) is 36.8. The fraction of sp³-hybridized carbons (Fsp3) is 0.545. The molecule has 1 saturated heterocycles. The molecular weight excluding hydrogens is 814 g/mol. The highest BCUT2D eigenvalue weighted by molar-refractivity contribution is 9.10. The lowest BCUT2D eigenvalue weighted by atomic mass is 9.80. The van der Waals surface area contributed by atoms with Gasteiger partial charge in [0.2, 0.25) is 17.7 Å². The largest absolute Gasteiger partial charge is 0.496 e. The number of rotatable bonds is 8. The molecule has 0 amide bonds. The first-order valence-corrected chi connectivity index (χ1v) is 18.1. The summed E-state index contributed by atoms with van der Waals surface area (Å²) in [6.45, 7) is 21.8. The van der Waals surface area contributed by atoms with Crippen molar-refractivity contribution >= 4 is 79.2 Å². The van der Waals surface area contributed by atoms with Crippen LogP contribution in [-0.2, 0) is 9.31 Å². The Morgan fingerprint density at radius 3 is 1.48 bits per heavy atom. The highest BCUT2D eigenvalue weighted by atomic mass is 79.9. The van der Waals surface area contributed by atoms with Gasteiger partial charge < -0.3 is 23.9 Å². The van der Waals surface area contributed by atoms with Crippen molar-refractivity contribution in [2.24, 2.45) is 17.8 Å². The summed E-state index contributed by atoms with van der Waals surface area (Å²) in [6.07, 6.45) is 4.71. The zero-order valence-electron chi connectivity index (χ0n) is 29.1. The predicted octanol–water partition coefficient (Wildman–Crippen LogP) is 9.87. The van der Waals surface area contributed by atoms with Crippen LogP contribution < -0.4 is 14.9 Å². The molecule has 4 heterocycles. The zero-order valence-corrected chi connectivity index (χ0v) is 34.5. The molecule has 4 rings (SSSR count). The van der Waals surface area contributed by atoms with E-state index in [9.17, 15) is 4.39 Å². The molecule has 0 aliphatic carbocycles. The van der Waals surface area contributed by atoms with E-state index in [1.807, 2.05) is 41.5 Å². The second kappa shape index (κ2) is 21.2. The highest BCUT2D eigenvalue weighted by Gasteiger charge is 2.51. The van der Waals surface area contributed by atoms with Gasteiger partial charge >= 0.3 is 7.12 Å². The molecule has 1 N–H and O–H groups in total. The van der Waals surface area contributed by atoms with Gasteiger partial charge in [-0.05, 0) is 95.5 Å². The standard InChI is InChI=1S/C15H23BClNO3.C9H11BrClNO.C5H2BrClFN.C4H10O/c1-10(2)9-19-13-12(17)7-11(8-18-13)16-20-14(3,4)15(5,6)21-16;1-6(2)5-13-9-8(11)3-7(10)4-12-9;6-3-1-4(7)5(8)9-2-3;1-4(2)3-5/h7-8,10H,9H2,1-6H3;3-4,6H,5H2,1-2H3;1-2H;4-5H,3H2,1-2H3. The molecule has 1 aliphatic heterocycles. The van der Waals surface area contributed by atoms with Gasteiger partial charge in [0.1, 0.15) is 10.0 Å². The first kappa shape index (κ1) is 44.8. The summed E-state index contributed by atoms with van der Waals surface area (Å²) < 4.78 is 36.7. The highest BCUT2D eigenvalue weighted by Crippen LogP contribution is 2.36. The lowest BCUT2D eigenvalue weighted by molar-refractivity contribution is 0.00578. The molecule has 3 aromatic rings. The Morgan fingerprint density at radius 1 is 0.729 bits per heavy atom. The van der Waals surface area contributed by atoms with E-state index in [4.69, 9.17) is 58.7 Å². The lowest BCUT2D eigenvalue weighted by Gasteiger charge is -2.32. The molecule has 0 atom stereocenters. The number of nitrogens with zero attached hydrogens (tertiary/aromatic N) is 3. The quantitative estimate of drug-likeness (QED) is 0.177. The Bertz CT molecular complexity index is 1410. The van der Waals surface area contributed by atoms with Gasteiger partial charge in [0.05, 0.1) is 29.4 Å². The molecule has 0 saturated carbocycles. The summed E-state index contributed by atoms with van der Waals surface area (Å²) >= 11 is 23.8. The Kier molecular flexibility index (Phi) is 19.8. The van der Waals surface area contributed by atoms with E-state index in [1.165, 1.54) is 12.3 Å². The number of pyridine rings is 3. The van der Waals surface area contributed by atoms with Crippen LogP contribution >= 0.6 is 66.7 Å². The van der Waals surface area contributed by atoms with Crippen LogP contribution in [0.4, 0.5) is 4.39 Å². The van der Waals surface area contributed by atoms with Gasteiger partial charge in [0.15, 0.2) is 0 Å². The van der Waals surface area contributed by atoms with E-state index >= 15 is 0 Å². The van der Waals surface area contributed by atoms with E-state index in [2.05, 4.69) is 74.5 Å². The number of aliphatic hydroxyl groups excluding tert-OH is 1. The Labute approximate surface area is 317 Å². The number of hydrogen-bond acceptors (Lipinski definition) is 8. The van der Waals surface area contributed by atoms with Crippen molar-refractivity contribution < 1.29 is 28.3 Å². The van der Waals surface area contributed by atoms with E-state index in [0.29, 0.717) is 63.9 Å². The van der Waals surface area contributed by atoms with Gasteiger partial charge in [-0.3, -0.25) is 0 Å². The van der Waals surface area contributed by atoms with E-state index in [0.717, 1.165) is 9.94 Å². The predicted molar refractivity (Wildman–Crippen MR) is 201 cm³/mol. The Morgan fingerprint density at radius 2 is 1.12 bits per heavy atom. The van der Waals surface area contributed by atoms with Gasteiger partial charge in [0, 0.05) is 39.6 Å².